The topological polar surface area (TPSA) is 80.5 Å². The van der Waals surface area contributed by atoms with E-state index in [1.807, 2.05) is 44.2 Å². The van der Waals surface area contributed by atoms with Crippen molar-refractivity contribution >= 4 is 17.5 Å². The Bertz CT molecular complexity index is 1180. The second-order valence-corrected chi connectivity index (χ2v) is 9.13. The van der Waals surface area contributed by atoms with Crippen LogP contribution in [0.2, 0.25) is 0 Å². The molecule has 1 aliphatic carbocycles. The summed E-state index contributed by atoms with van der Waals surface area (Å²) < 4.78 is 10.7. The third kappa shape index (κ3) is 9.85. The maximum Gasteiger partial charge on any atom is 0.308 e. The molecule has 3 rings (SSSR count). The molecule has 1 atom stereocenters. The van der Waals surface area contributed by atoms with Gasteiger partial charge in [-0.05, 0) is 51.3 Å². The van der Waals surface area contributed by atoms with Crippen molar-refractivity contribution in [1.29, 1.82) is 0 Å². The summed E-state index contributed by atoms with van der Waals surface area (Å²) in [5.74, 6) is 0.716. The van der Waals surface area contributed by atoms with Gasteiger partial charge in [-0.15, -0.1) is 6.58 Å². The van der Waals surface area contributed by atoms with Crippen LogP contribution >= 0.6 is 0 Å². The fourth-order valence-electron chi connectivity index (χ4n) is 3.55. The average molecular weight is 517 g/mol. The van der Waals surface area contributed by atoms with Gasteiger partial charge in [-0.2, -0.15) is 0 Å². The molecule has 1 unspecified atom stereocenters. The van der Waals surface area contributed by atoms with Crippen LogP contribution in [0.4, 0.5) is 0 Å². The molecule has 0 aliphatic heterocycles. The van der Waals surface area contributed by atoms with Crippen LogP contribution in [0.3, 0.4) is 0 Å². The minimum Gasteiger partial charge on any atom is -0.507 e. The van der Waals surface area contributed by atoms with Gasteiger partial charge in [0, 0.05) is 17.2 Å². The van der Waals surface area contributed by atoms with E-state index in [4.69, 9.17) is 19.5 Å². The number of benzene rings is 2. The maximum atomic E-state index is 11.5. The van der Waals surface area contributed by atoms with E-state index in [2.05, 4.69) is 31.7 Å². The Balaban J connectivity index is 0.00000161. The number of amidine groups is 1. The van der Waals surface area contributed by atoms with E-state index in [0.717, 1.165) is 18.4 Å². The molecule has 202 valence electrons. The zero-order chi connectivity index (χ0) is 27.9. The molecule has 2 aromatic rings. The number of hydrogen-bond acceptors (Lipinski definition) is 5. The molecular weight excluding hydrogens is 476 g/mol. The lowest BCUT2D eigenvalue weighted by Crippen LogP contribution is -2.16. The number of carbonyl (C=O) groups excluding carboxylic acids is 1. The average Bonchev–Trinajstić information content (AvgIpc) is 2.92. The maximum absolute atomic E-state index is 11.5. The van der Waals surface area contributed by atoms with Crippen LogP contribution in [0.25, 0.3) is 0 Å². The number of carbonyl (C=O) groups is 1. The smallest absolute Gasteiger partial charge is 0.308 e. The standard InChI is InChI=1S/C29H34N2O4.C3H6/c1-20(2)29(33)35-18-17-34-25-15-16-26(27(32)19-25)22(4)31-28(24-13-9-6-10-14-24)30-21(3)23-11-7-5-8-12-23;1-3-2/h6-7,9-16,19-21,32H,5,8,17-18H2,1-4H3;3H,1H2,2H3. The number of aromatic hydroxyl groups is 1. The first-order valence-electron chi connectivity index (χ1n) is 13.0. The lowest BCUT2D eigenvalue weighted by Gasteiger charge is -2.14. The van der Waals surface area contributed by atoms with Gasteiger partial charge in [-0.25, -0.2) is 4.99 Å². The highest BCUT2D eigenvalue weighted by atomic mass is 16.6. The van der Waals surface area contributed by atoms with Gasteiger partial charge < -0.3 is 14.6 Å². The Kier molecular flexibility index (Phi) is 12.8. The summed E-state index contributed by atoms with van der Waals surface area (Å²) in [6, 6.07) is 14.9. The number of phenolic OH excluding ortho intramolecular Hbond substituents is 1. The fourth-order valence-corrected chi connectivity index (χ4v) is 3.55. The van der Waals surface area contributed by atoms with Crippen molar-refractivity contribution in [3.8, 4) is 11.5 Å². The molecule has 0 amide bonds. The SMILES string of the molecule is C=CC.CC(=NC(=NC(C)C1=CCCC=C1)c1ccccc1)c1ccc(OCCOC(=O)C(C)C)cc1O. The van der Waals surface area contributed by atoms with Crippen LogP contribution in [0.5, 0.6) is 11.5 Å². The largest absolute Gasteiger partial charge is 0.507 e. The number of rotatable bonds is 9. The Morgan fingerprint density at radius 3 is 2.42 bits per heavy atom. The molecule has 1 N–H and O–H groups in total. The van der Waals surface area contributed by atoms with Crippen molar-refractivity contribution in [3.05, 3.63) is 96.1 Å². The molecule has 6 nitrogen and oxygen atoms in total. The zero-order valence-corrected chi connectivity index (χ0v) is 23.2. The summed E-state index contributed by atoms with van der Waals surface area (Å²) in [7, 11) is 0. The summed E-state index contributed by atoms with van der Waals surface area (Å²) in [5.41, 5.74) is 3.33. The minimum absolute atomic E-state index is 0.0347. The minimum atomic E-state index is -0.264. The van der Waals surface area contributed by atoms with Crippen LogP contribution in [0, 0.1) is 5.92 Å². The Morgan fingerprint density at radius 1 is 1.11 bits per heavy atom. The van der Waals surface area contributed by atoms with E-state index in [-0.39, 0.29) is 36.9 Å². The third-order valence-corrected chi connectivity index (χ3v) is 5.55. The first-order chi connectivity index (χ1) is 18.3. The molecule has 2 aromatic carbocycles. The van der Waals surface area contributed by atoms with Crippen molar-refractivity contribution in [2.24, 2.45) is 15.9 Å². The lowest BCUT2D eigenvalue weighted by molar-refractivity contribution is -0.148. The molecule has 0 saturated heterocycles. The number of nitrogens with zero attached hydrogens (tertiary/aromatic N) is 2. The van der Waals surface area contributed by atoms with Crippen molar-refractivity contribution in [3.63, 3.8) is 0 Å². The number of allylic oxidation sites excluding steroid dienone is 3. The van der Waals surface area contributed by atoms with Gasteiger partial charge >= 0.3 is 5.97 Å². The molecule has 0 spiro atoms. The zero-order valence-electron chi connectivity index (χ0n) is 23.2. The van der Waals surface area contributed by atoms with Crippen molar-refractivity contribution in [2.75, 3.05) is 13.2 Å². The molecule has 0 fully saturated rings. The number of phenols is 1. The Morgan fingerprint density at radius 2 is 1.82 bits per heavy atom. The molecule has 0 bridgehead atoms. The molecule has 0 aromatic heterocycles. The summed E-state index contributed by atoms with van der Waals surface area (Å²) in [4.78, 5) is 21.3. The van der Waals surface area contributed by atoms with Gasteiger partial charge in [0.2, 0.25) is 0 Å². The number of esters is 1. The van der Waals surface area contributed by atoms with E-state index >= 15 is 0 Å². The molecular formula is C32H40N2O4. The van der Waals surface area contributed by atoms with Crippen LogP contribution in [-0.4, -0.2) is 41.9 Å². The third-order valence-electron chi connectivity index (χ3n) is 5.55. The second kappa shape index (κ2) is 16.0. The van der Waals surface area contributed by atoms with Crippen LogP contribution < -0.4 is 4.74 Å². The first kappa shape index (κ1) is 30.3. The quantitative estimate of drug-likeness (QED) is 0.127. The van der Waals surface area contributed by atoms with E-state index in [0.29, 0.717) is 22.9 Å². The second-order valence-electron chi connectivity index (χ2n) is 9.13. The van der Waals surface area contributed by atoms with Crippen LogP contribution in [-0.2, 0) is 9.53 Å². The number of ether oxygens (including phenoxy) is 2. The van der Waals surface area contributed by atoms with Gasteiger partial charge in [0.1, 0.15) is 24.7 Å². The van der Waals surface area contributed by atoms with Crippen LogP contribution in [0.15, 0.2) is 95.0 Å². The van der Waals surface area contributed by atoms with Gasteiger partial charge in [0.15, 0.2) is 5.84 Å². The van der Waals surface area contributed by atoms with Crippen molar-refractivity contribution in [2.45, 2.75) is 53.5 Å². The highest BCUT2D eigenvalue weighted by Crippen LogP contribution is 2.25. The first-order valence-corrected chi connectivity index (χ1v) is 13.0. The molecule has 6 heteroatoms. The summed E-state index contributed by atoms with van der Waals surface area (Å²) >= 11 is 0. The molecule has 0 heterocycles. The normalized spacial score (nSPS) is 14.2. The molecule has 38 heavy (non-hydrogen) atoms. The van der Waals surface area contributed by atoms with E-state index in [1.54, 1.807) is 32.1 Å². The van der Waals surface area contributed by atoms with Gasteiger partial charge in [-0.3, -0.25) is 9.79 Å². The van der Waals surface area contributed by atoms with Gasteiger partial charge in [0.25, 0.3) is 0 Å². The monoisotopic (exact) mass is 516 g/mol. The van der Waals surface area contributed by atoms with Gasteiger partial charge in [-0.1, -0.05) is 68.5 Å². The lowest BCUT2D eigenvalue weighted by atomic mass is 10.0. The predicted octanol–water partition coefficient (Wildman–Crippen LogP) is 7.08. The van der Waals surface area contributed by atoms with Gasteiger partial charge in [0.05, 0.1) is 17.7 Å². The fraction of sp³-hybridized carbons (Fsp3) is 0.344. The van der Waals surface area contributed by atoms with Crippen LogP contribution in [0.1, 0.15) is 58.6 Å². The Labute approximate surface area is 227 Å². The summed E-state index contributed by atoms with van der Waals surface area (Å²) in [5, 5.41) is 10.6. The highest BCUT2D eigenvalue weighted by molar-refractivity contribution is 6.12. The highest BCUT2D eigenvalue weighted by Gasteiger charge is 2.13. The van der Waals surface area contributed by atoms with E-state index < -0.39 is 0 Å². The van der Waals surface area contributed by atoms with E-state index in [9.17, 15) is 9.90 Å². The Hall–Kier alpha value is -3.93. The molecule has 1 aliphatic rings. The number of hydrogen-bond donors (Lipinski definition) is 1. The number of aliphatic imine (C=N–C) groups is 2. The molecule has 0 radical (unpaired) electrons. The van der Waals surface area contributed by atoms with E-state index in [1.165, 1.54) is 11.6 Å². The summed E-state index contributed by atoms with van der Waals surface area (Å²) in [6.45, 7) is 13.1. The van der Waals surface area contributed by atoms with Crippen molar-refractivity contribution in [1.82, 2.24) is 0 Å². The van der Waals surface area contributed by atoms with Crippen molar-refractivity contribution < 1.29 is 19.4 Å². The predicted molar refractivity (Wildman–Crippen MR) is 156 cm³/mol. The molecule has 0 saturated carbocycles. The summed E-state index contributed by atoms with van der Waals surface area (Å²) in [6.07, 6.45) is 10.4.